The van der Waals surface area contributed by atoms with Crippen LogP contribution in [0, 0.1) is 26.7 Å². The number of nitrogens with one attached hydrogen (secondary N) is 3. The van der Waals surface area contributed by atoms with E-state index in [-0.39, 0.29) is 17.9 Å². The number of piperidine rings is 1. The molecule has 4 aromatic rings. The second-order valence-corrected chi connectivity index (χ2v) is 10.7. The largest absolute Gasteiger partial charge is 0.496 e. The molecule has 38 heavy (non-hydrogen) atoms. The molecule has 1 saturated heterocycles. The quantitative estimate of drug-likeness (QED) is 0.330. The molecule has 1 amide bonds. The van der Waals surface area contributed by atoms with Crippen LogP contribution in [-0.2, 0) is 4.79 Å². The molecule has 10 heteroatoms. The highest BCUT2D eigenvalue weighted by molar-refractivity contribution is 6.13. The molecule has 5 rings (SSSR count). The highest BCUT2D eigenvalue weighted by atomic mass is 16.5. The van der Waals surface area contributed by atoms with Crippen LogP contribution in [0.2, 0.25) is 0 Å². The lowest BCUT2D eigenvalue weighted by molar-refractivity contribution is -0.123. The first kappa shape index (κ1) is 26.0. The minimum atomic E-state index is -0.444. The summed E-state index contributed by atoms with van der Waals surface area (Å²) in [6, 6.07) is 3.77. The summed E-state index contributed by atoms with van der Waals surface area (Å²) in [7, 11) is 3.77. The highest BCUT2D eigenvalue weighted by Gasteiger charge is 2.28. The number of aromatic nitrogens is 4. The van der Waals surface area contributed by atoms with Gasteiger partial charge in [-0.15, -0.1) is 0 Å². The molecule has 3 N–H and O–H groups in total. The molecule has 0 bridgehead atoms. The van der Waals surface area contributed by atoms with Gasteiger partial charge in [0.1, 0.15) is 34.8 Å². The molecule has 0 radical (unpaired) electrons. The van der Waals surface area contributed by atoms with Crippen molar-refractivity contribution in [3.8, 4) is 16.9 Å². The number of amides is 1. The van der Waals surface area contributed by atoms with Crippen LogP contribution in [-0.4, -0.2) is 70.2 Å². The van der Waals surface area contributed by atoms with Crippen molar-refractivity contribution in [2.75, 3.05) is 32.6 Å². The molecule has 0 aliphatic carbocycles. The zero-order chi connectivity index (χ0) is 27.1. The lowest BCUT2D eigenvalue weighted by atomic mass is 10.00. The van der Waals surface area contributed by atoms with Crippen molar-refractivity contribution in [3.63, 3.8) is 0 Å². The summed E-state index contributed by atoms with van der Waals surface area (Å²) in [6.07, 6.45) is 1.92. The fourth-order valence-corrected chi connectivity index (χ4v) is 5.40. The summed E-state index contributed by atoms with van der Waals surface area (Å²) in [5.74, 6) is 2.71. The number of aromatic amines is 1. The Morgan fingerprint density at radius 2 is 1.92 bits per heavy atom. The summed E-state index contributed by atoms with van der Waals surface area (Å²) in [5, 5.41) is 12.6. The van der Waals surface area contributed by atoms with E-state index in [1.54, 1.807) is 7.11 Å². The van der Waals surface area contributed by atoms with E-state index in [4.69, 9.17) is 14.2 Å². The van der Waals surface area contributed by atoms with Gasteiger partial charge in [0.15, 0.2) is 0 Å². The van der Waals surface area contributed by atoms with E-state index in [0.717, 1.165) is 64.8 Å². The Bertz CT molecular complexity index is 1460. The minimum absolute atomic E-state index is 0.00270. The smallest absolute Gasteiger partial charge is 0.243 e. The zero-order valence-electron chi connectivity index (χ0n) is 23.2. The van der Waals surface area contributed by atoms with E-state index < -0.39 is 6.04 Å². The molecule has 0 unspecified atom stereocenters. The summed E-state index contributed by atoms with van der Waals surface area (Å²) < 4.78 is 11.2. The van der Waals surface area contributed by atoms with Crippen LogP contribution in [0.25, 0.3) is 33.1 Å². The summed E-state index contributed by atoms with van der Waals surface area (Å²) >= 11 is 0. The van der Waals surface area contributed by atoms with Crippen molar-refractivity contribution in [1.82, 2.24) is 30.3 Å². The number of ether oxygens (including phenoxy) is 1. The van der Waals surface area contributed by atoms with Gasteiger partial charge in [0.25, 0.3) is 0 Å². The predicted molar refractivity (Wildman–Crippen MR) is 149 cm³/mol. The van der Waals surface area contributed by atoms with Gasteiger partial charge in [-0.25, -0.2) is 9.97 Å². The second kappa shape index (κ2) is 10.2. The van der Waals surface area contributed by atoms with Crippen LogP contribution in [0.3, 0.4) is 0 Å². The molecular weight excluding hydrogens is 482 g/mol. The van der Waals surface area contributed by atoms with E-state index in [2.05, 4.69) is 37.7 Å². The summed E-state index contributed by atoms with van der Waals surface area (Å²) in [5.41, 5.74) is 4.18. The lowest BCUT2D eigenvalue weighted by Crippen LogP contribution is -2.50. The number of anilines is 1. The third-order valence-electron chi connectivity index (χ3n) is 7.49. The van der Waals surface area contributed by atoms with Gasteiger partial charge in [0.05, 0.1) is 23.8 Å². The van der Waals surface area contributed by atoms with Crippen molar-refractivity contribution in [3.05, 3.63) is 29.4 Å². The molecule has 3 aromatic heterocycles. The number of hydrogen-bond acceptors (Lipinski definition) is 8. The van der Waals surface area contributed by atoms with Gasteiger partial charge in [0.2, 0.25) is 5.91 Å². The van der Waals surface area contributed by atoms with Crippen LogP contribution in [0.5, 0.6) is 5.75 Å². The number of methoxy groups -OCH3 is 1. The van der Waals surface area contributed by atoms with Gasteiger partial charge in [0, 0.05) is 22.5 Å². The first-order chi connectivity index (χ1) is 18.2. The summed E-state index contributed by atoms with van der Waals surface area (Å²) in [4.78, 5) is 28.6. The summed E-state index contributed by atoms with van der Waals surface area (Å²) in [6.45, 7) is 11.7. The molecule has 1 fully saturated rings. The van der Waals surface area contributed by atoms with Crippen LogP contribution in [0.15, 0.2) is 16.7 Å². The number of rotatable bonds is 7. The van der Waals surface area contributed by atoms with Crippen LogP contribution < -0.4 is 15.4 Å². The minimum Gasteiger partial charge on any atom is -0.496 e. The second-order valence-electron chi connectivity index (χ2n) is 10.7. The Hall–Kier alpha value is -3.66. The fraction of sp³-hybridized carbons (Fsp3) is 0.500. The van der Waals surface area contributed by atoms with Crippen molar-refractivity contribution >= 4 is 33.7 Å². The maximum absolute atomic E-state index is 13.4. The van der Waals surface area contributed by atoms with E-state index >= 15 is 0 Å². The van der Waals surface area contributed by atoms with E-state index in [9.17, 15) is 4.79 Å². The molecule has 1 aliphatic rings. The van der Waals surface area contributed by atoms with Crippen molar-refractivity contribution in [1.29, 1.82) is 0 Å². The molecule has 10 nitrogen and oxygen atoms in total. The van der Waals surface area contributed by atoms with E-state index in [1.807, 2.05) is 46.8 Å². The van der Waals surface area contributed by atoms with Gasteiger partial charge in [-0.05, 0) is 71.8 Å². The molecule has 4 heterocycles. The first-order valence-corrected chi connectivity index (χ1v) is 13.2. The Morgan fingerprint density at radius 1 is 1.18 bits per heavy atom. The Balaban J connectivity index is 1.55. The van der Waals surface area contributed by atoms with Crippen LogP contribution in [0.1, 0.15) is 44.0 Å². The van der Waals surface area contributed by atoms with Gasteiger partial charge >= 0.3 is 0 Å². The zero-order valence-corrected chi connectivity index (χ0v) is 23.2. The molecule has 202 valence electrons. The highest BCUT2D eigenvalue weighted by Crippen LogP contribution is 2.40. The van der Waals surface area contributed by atoms with Crippen LogP contribution >= 0.6 is 0 Å². The van der Waals surface area contributed by atoms with E-state index in [0.29, 0.717) is 23.0 Å². The van der Waals surface area contributed by atoms with Gasteiger partial charge in [-0.3, -0.25) is 4.79 Å². The molecule has 1 aromatic carbocycles. The van der Waals surface area contributed by atoms with Crippen molar-refractivity contribution in [2.45, 2.75) is 59.5 Å². The third-order valence-corrected chi connectivity index (χ3v) is 7.49. The van der Waals surface area contributed by atoms with Crippen molar-refractivity contribution < 1.29 is 14.1 Å². The topological polar surface area (TPSA) is 121 Å². The number of aryl methyl sites for hydroxylation is 3. The predicted octanol–water partition coefficient (Wildman–Crippen LogP) is 4.35. The van der Waals surface area contributed by atoms with Crippen LogP contribution in [0.4, 0.5) is 5.82 Å². The molecule has 0 spiro atoms. The maximum Gasteiger partial charge on any atom is 0.243 e. The average Bonchev–Trinajstić information content (AvgIpc) is 3.40. The Morgan fingerprint density at radius 3 is 2.55 bits per heavy atom. The van der Waals surface area contributed by atoms with Gasteiger partial charge < -0.3 is 29.8 Å². The number of carbonyl (C=O) groups excluding carboxylic acids is 1. The number of nitrogens with zero attached hydrogens (tertiary/aromatic N) is 4. The SMILES string of the molecule is COc1cc2c(cc1-c1c(C)noc1C)[nH]c1nc(C)nc(N[C@H](C(=O)NC3CCN(C)CC3)C(C)C)c12. The van der Waals surface area contributed by atoms with E-state index in [1.165, 1.54) is 0 Å². The Kier molecular flexibility index (Phi) is 7.00. The number of likely N-dealkylation sites (tertiary alicyclic amines) is 1. The lowest BCUT2D eigenvalue weighted by Gasteiger charge is -2.31. The molecular formula is C28H37N7O3. The molecule has 0 saturated carbocycles. The normalized spacial score (nSPS) is 15.9. The fourth-order valence-electron chi connectivity index (χ4n) is 5.40. The van der Waals surface area contributed by atoms with Gasteiger partial charge in [-0.2, -0.15) is 0 Å². The number of fused-ring (bicyclic) bond motifs is 3. The Labute approximate surface area is 222 Å². The third kappa shape index (κ3) is 4.80. The first-order valence-electron chi connectivity index (χ1n) is 13.2. The number of benzene rings is 1. The number of hydrogen-bond donors (Lipinski definition) is 3. The molecule has 1 aliphatic heterocycles. The number of carbonyl (C=O) groups is 1. The average molecular weight is 520 g/mol. The monoisotopic (exact) mass is 519 g/mol. The van der Waals surface area contributed by atoms with Crippen molar-refractivity contribution in [2.24, 2.45) is 5.92 Å². The maximum atomic E-state index is 13.4. The standard InChI is InChI=1S/C28H37N7O3/c1-14(2)25(28(36)31-18-8-10-35(6)11-9-18)33-27-24-19-13-22(37-7)20(23-15(3)34-38-16(23)4)12-21(19)32-26(24)29-17(5)30-27/h12-14,18,25H,8-11H2,1-7H3,(H,31,36)(H2,29,30,32,33)/t25-/m0/s1. The molecule has 1 atom stereocenters. The van der Waals surface area contributed by atoms with Gasteiger partial charge in [-0.1, -0.05) is 19.0 Å². The number of H-pyrrole nitrogens is 1.